The minimum Gasteiger partial charge on any atom is -0.481 e. The molecule has 0 bridgehead atoms. The Balaban J connectivity index is 1.66. The van der Waals surface area contributed by atoms with Crippen molar-refractivity contribution in [2.24, 2.45) is 0 Å². The third-order valence-electron chi connectivity index (χ3n) is 4.62. The molecule has 1 N–H and O–H groups in total. The largest absolute Gasteiger partial charge is 0.481 e. The molecule has 0 aromatic carbocycles. The van der Waals surface area contributed by atoms with Crippen LogP contribution in [0.4, 0.5) is 0 Å². The van der Waals surface area contributed by atoms with E-state index in [1.807, 2.05) is 13.0 Å². The van der Waals surface area contributed by atoms with E-state index in [1.54, 1.807) is 13.3 Å². The number of methoxy groups -OCH3 is 1. The summed E-state index contributed by atoms with van der Waals surface area (Å²) in [5.74, 6) is -0.111. The van der Waals surface area contributed by atoms with Crippen molar-refractivity contribution in [2.75, 3.05) is 13.9 Å². The van der Waals surface area contributed by atoms with E-state index in [2.05, 4.69) is 15.0 Å². The van der Waals surface area contributed by atoms with Crippen molar-refractivity contribution < 1.29 is 28.9 Å². The number of rotatable bonds is 10. The maximum absolute atomic E-state index is 11.6. The Morgan fingerprint density at radius 2 is 2.03 bits per heavy atom. The van der Waals surface area contributed by atoms with Gasteiger partial charge in [0.25, 0.3) is 0 Å². The number of carbonyl (C=O) groups is 2. The number of carboxylic acids is 1. The van der Waals surface area contributed by atoms with Gasteiger partial charge in [-0.2, -0.15) is 4.98 Å². The molecule has 10 heteroatoms. The molecule has 0 radical (unpaired) electrons. The van der Waals surface area contributed by atoms with Gasteiger partial charge in [0.2, 0.25) is 18.6 Å². The highest BCUT2D eigenvalue weighted by Crippen LogP contribution is 2.33. The molecule has 0 unspecified atom stereocenters. The highest BCUT2D eigenvalue weighted by atomic mass is 32.2. The van der Waals surface area contributed by atoms with Gasteiger partial charge in [-0.3, -0.25) is 9.59 Å². The highest BCUT2D eigenvalue weighted by Gasteiger charge is 2.21. The lowest BCUT2D eigenvalue weighted by Crippen LogP contribution is -2.13. The molecule has 0 atom stereocenters. The van der Waals surface area contributed by atoms with Gasteiger partial charge in [0.15, 0.2) is 5.16 Å². The lowest BCUT2D eigenvalue weighted by Gasteiger charge is -2.12. The predicted molar refractivity (Wildman–Crippen MR) is 108 cm³/mol. The molecule has 0 spiro atoms. The van der Waals surface area contributed by atoms with Crippen LogP contribution in [0.15, 0.2) is 17.4 Å². The molecule has 1 aliphatic carbocycles. The summed E-state index contributed by atoms with van der Waals surface area (Å²) in [6, 6.07) is 1.93. The number of pyridine rings is 1. The third kappa shape index (κ3) is 5.59. The van der Waals surface area contributed by atoms with Gasteiger partial charge in [-0.1, -0.05) is 11.8 Å². The molecular formula is C20H23N3O6S. The van der Waals surface area contributed by atoms with Crippen LogP contribution >= 0.6 is 11.8 Å². The Bertz CT molecular complexity index is 937. The first-order valence-electron chi connectivity index (χ1n) is 9.49. The standard InChI is InChI=1S/C20H23N3O6S/c1-12-8-9-21-18(27-2)14(12)10-30-20-22-15-5-3-4-13(15)19(23-20)29-11-28-17(26)7-6-16(24)25/h8-9H,3-7,10-11H2,1-2H3,(H,24,25). The van der Waals surface area contributed by atoms with Crippen LogP contribution in [-0.4, -0.2) is 45.9 Å². The van der Waals surface area contributed by atoms with Crippen LogP contribution in [0.2, 0.25) is 0 Å². The van der Waals surface area contributed by atoms with E-state index >= 15 is 0 Å². The molecule has 0 saturated carbocycles. The fraction of sp³-hybridized carbons (Fsp3) is 0.450. The number of nitrogens with zero attached hydrogens (tertiary/aromatic N) is 3. The fourth-order valence-corrected chi connectivity index (χ4v) is 3.99. The topological polar surface area (TPSA) is 121 Å². The summed E-state index contributed by atoms with van der Waals surface area (Å²) in [5, 5.41) is 9.18. The van der Waals surface area contributed by atoms with Gasteiger partial charge in [0, 0.05) is 23.1 Å². The molecule has 0 fully saturated rings. The van der Waals surface area contributed by atoms with E-state index in [0.29, 0.717) is 22.7 Å². The average molecular weight is 433 g/mol. The second-order valence-corrected chi connectivity index (χ2v) is 7.61. The maximum Gasteiger partial charge on any atom is 0.309 e. The van der Waals surface area contributed by atoms with E-state index in [4.69, 9.17) is 19.3 Å². The molecule has 160 valence electrons. The Morgan fingerprint density at radius 1 is 1.20 bits per heavy atom. The molecule has 0 amide bonds. The first-order valence-corrected chi connectivity index (χ1v) is 10.5. The van der Waals surface area contributed by atoms with E-state index in [1.165, 1.54) is 11.8 Å². The van der Waals surface area contributed by atoms with Crippen LogP contribution in [0.5, 0.6) is 11.8 Å². The molecule has 2 aromatic heterocycles. The Kier molecular flexibility index (Phi) is 7.45. The van der Waals surface area contributed by atoms with Gasteiger partial charge in [0.1, 0.15) is 0 Å². The molecule has 1 aliphatic rings. The molecule has 2 heterocycles. The number of hydrogen-bond acceptors (Lipinski definition) is 9. The van der Waals surface area contributed by atoms with Crippen LogP contribution in [0.3, 0.4) is 0 Å². The lowest BCUT2D eigenvalue weighted by molar-refractivity contribution is -0.153. The van der Waals surface area contributed by atoms with Crippen molar-refractivity contribution in [3.05, 3.63) is 34.6 Å². The number of hydrogen-bond donors (Lipinski definition) is 1. The van der Waals surface area contributed by atoms with Gasteiger partial charge in [-0.05, 0) is 37.8 Å². The van der Waals surface area contributed by atoms with Crippen molar-refractivity contribution in [1.29, 1.82) is 0 Å². The number of thioether (sulfide) groups is 1. The van der Waals surface area contributed by atoms with Crippen LogP contribution < -0.4 is 9.47 Å². The second-order valence-electron chi connectivity index (χ2n) is 6.67. The number of esters is 1. The van der Waals surface area contributed by atoms with Gasteiger partial charge in [-0.25, -0.2) is 9.97 Å². The quantitative estimate of drug-likeness (QED) is 0.259. The van der Waals surface area contributed by atoms with E-state index < -0.39 is 11.9 Å². The Hall–Kier alpha value is -2.88. The number of aromatic nitrogens is 3. The predicted octanol–water partition coefficient (Wildman–Crippen LogP) is 2.71. The number of carbonyl (C=O) groups excluding carboxylic acids is 1. The van der Waals surface area contributed by atoms with E-state index in [0.717, 1.165) is 41.6 Å². The normalized spacial score (nSPS) is 12.3. The van der Waals surface area contributed by atoms with Crippen molar-refractivity contribution in [3.8, 4) is 11.8 Å². The zero-order chi connectivity index (χ0) is 21.5. The van der Waals surface area contributed by atoms with Crippen LogP contribution in [0.25, 0.3) is 0 Å². The minimum atomic E-state index is -1.05. The summed E-state index contributed by atoms with van der Waals surface area (Å²) in [6.07, 6.45) is 3.83. The number of fused-ring (bicyclic) bond motifs is 1. The summed E-state index contributed by atoms with van der Waals surface area (Å²) >= 11 is 1.45. The molecule has 30 heavy (non-hydrogen) atoms. The smallest absolute Gasteiger partial charge is 0.309 e. The summed E-state index contributed by atoms with van der Waals surface area (Å²) in [7, 11) is 1.59. The first-order chi connectivity index (χ1) is 14.5. The third-order valence-corrected chi connectivity index (χ3v) is 5.50. The van der Waals surface area contributed by atoms with Crippen molar-refractivity contribution in [1.82, 2.24) is 15.0 Å². The Morgan fingerprint density at radius 3 is 2.80 bits per heavy atom. The monoisotopic (exact) mass is 433 g/mol. The number of aryl methyl sites for hydroxylation is 2. The van der Waals surface area contributed by atoms with Gasteiger partial charge < -0.3 is 19.3 Å². The fourth-order valence-electron chi connectivity index (χ4n) is 3.04. The van der Waals surface area contributed by atoms with Crippen LogP contribution in [-0.2, 0) is 32.9 Å². The number of ether oxygens (including phenoxy) is 3. The Labute approximate surface area is 178 Å². The average Bonchev–Trinajstić information content (AvgIpc) is 3.20. The summed E-state index contributed by atoms with van der Waals surface area (Å²) in [4.78, 5) is 35.5. The van der Waals surface area contributed by atoms with Gasteiger partial charge in [-0.15, -0.1) is 0 Å². The first kappa shape index (κ1) is 21.8. The molecule has 3 rings (SSSR count). The lowest BCUT2D eigenvalue weighted by atomic mass is 10.2. The van der Waals surface area contributed by atoms with E-state index in [9.17, 15) is 9.59 Å². The molecule has 0 saturated heterocycles. The van der Waals surface area contributed by atoms with E-state index in [-0.39, 0.29) is 19.6 Å². The highest BCUT2D eigenvalue weighted by molar-refractivity contribution is 7.98. The number of aliphatic carboxylic acids is 1. The van der Waals surface area contributed by atoms with Crippen LogP contribution in [0.1, 0.15) is 41.6 Å². The summed E-state index contributed by atoms with van der Waals surface area (Å²) < 4.78 is 15.9. The second kappa shape index (κ2) is 10.2. The van der Waals surface area contributed by atoms with Crippen molar-refractivity contribution >= 4 is 23.7 Å². The zero-order valence-electron chi connectivity index (χ0n) is 16.8. The molecule has 2 aromatic rings. The van der Waals surface area contributed by atoms with Crippen molar-refractivity contribution in [3.63, 3.8) is 0 Å². The molecule has 0 aliphatic heterocycles. The SMILES string of the molecule is COc1nccc(C)c1CSc1nc2c(c(OCOC(=O)CCC(=O)O)n1)CCC2. The minimum absolute atomic E-state index is 0.200. The van der Waals surface area contributed by atoms with Crippen molar-refractivity contribution in [2.45, 2.75) is 49.9 Å². The molecule has 9 nitrogen and oxygen atoms in total. The number of carboxylic acid groups (broad SMARTS) is 1. The summed E-state index contributed by atoms with van der Waals surface area (Å²) in [5.41, 5.74) is 3.91. The van der Waals surface area contributed by atoms with Gasteiger partial charge in [0.05, 0.1) is 25.6 Å². The summed E-state index contributed by atoms with van der Waals surface area (Å²) in [6.45, 7) is 1.68. The van der Waals surface area contributed by atoms with Gasteiger partial charge >= 0.3 is 11.9 Å². The molecular weight excluding hydrogens is 410 g/mol. The maximum atomic E-state index is 11.6. The zero-order valence-corrected chi connectivity index (χ0v) is 17.7. The van der Waals surface area contributed by atoms with Crippen LogP contribution in [0, 0.1) is 6.92 Å².